The van der Waals surface area contributed by atoms with Crippen LogP contribution in [0, 0.1) is 25.2 Å². The number of nitriles is 1. The van der Waals surface area contributed by atoms with Gasteiger partial charge in [-0.2, -0.15) is 5.26 Å². The number of aryl methyl sites for hydroxylation is 1. The molecule has 0 aliphatic heterocycles. The van der Waals surface area contributed by atoms with E-state index in [4.69, 9.17) is 10.5 Å². The number of methoxy groups -OCH3 is 1. The molecule has 0 spiro atoms. The predicted molar refractivity (Wildman–Crippen MR) is 108 cm³/mol. The molecular weight excluding hydrogens is 378 g/mol. The number of primary amides is 1. The van der Waals surface area contributed by atoms with Crippen molar-refractivity contribution in [1.29, 1.82) is 5.26 Å². The number of nitrogens with zero attached hydrogens (tertiary/aromatic N) is 3. The maximum Gasteiger partial charge on any atom is 0.268 e. The Morgan fingerprint density at radius 3 is 2.82 bits per heavy atom. The number of carbonyl (C=O) groups excluding carboxylic acids is 2. The van der Waals surface area contributed by atoms with E-state index in [9.17, 15) is 14.9 Å². The van der Waals surface area contributed by atoms with Crippen LogP contribution in [-0.2, 0) is 20.7 Å². The van der Waals surface area contributed by atoms with Crippen molar-refractivity contribution >= 4 is 34.4 Å². The van der Waals surface area contributed by atoms with Gasteiger partial charge in [-0.3, -0.25) is 14.9 Å². The summed E-state index contributed by atoms with van der Waals surface area (Å²) in [6, 6.07) is 4.00. The molecule has 148 valence electrons. The Morgan fingerprint density at radius 2 is 2.21 bits per heavy atom. The summed E-state index contributed by atoms with van der Waals surface area (Å²) < 4.78 is 7.33. The molecule has 9 heteroatoms. The fourth-order valence-electron chi connectivity index (χ4n) is 3.04. The number of nitrogens with one attached hydrogen (secondary N) is 1. The standard InChI is InChI=1S/C19H23N5O3S/c1-11-5-14(13(3)24(11)12(2)9-27-4)6-15(8-20)18(26)23-19-22-16(10-28-19)7-17(21)25/h5-6,10,12H,7,9H2,1-4H3,(H2,21,25)(H,22,23,26)/b15-6-. The fourth-order valence-corrected chi connectivity index (χ4v) is 3.74. The first-order chi connectivity index (χ1) is 13.3. The summed E-state index contributed by atoms with van der Waals surface area (Å²) in [6.45, 7) is 6.51. The van der Waals surface area contributed by atoms with E-state index in [1.807, 2.05) is 32.9 Å². The minimum absolute atomic E-state index is 0.00103. The molecule has 2 amide bonds. The second-order valence-corrected chi connectivity index (χ2v) is 7.27. The summed E-state index contributed by atoms with van der Waals surface area (Å²) >= 11 is 1.17. The number of ether oxygens (including phenoxy) is 1. The lowest BCUT2D eigenvalue weighted by atomic mass is 10.1. The van der Waals surface area contributed by atoms with Gasteiger partial charge in [-0.15, -0.1) is 11.3 Å². The van der Waals surface area contributed by atoms with Gasteiger partial charge in [0.05, 0.1) is 24.8 Å². The van der Waals surface area contributed by atoms with E-state index < -0.39 is 11.8 Å². The van der Waals surface area contributed by atoms with Gasteiger partial charge in [0.25, 0.3) is 5.91 Å². The zero-order valence-corrected chi connectivity index (χ0v) is 17.1. The molecule has 0 fully saturated rings. The van der Waals surface area contributed by atoms with Crippen LogP contribution in [-0.4, -0.2) is 35.1 Å². The molecule has 0 aliphatic carbocycles. The van der Waals surface area contributed by atoms with Crippen LogP contribution in [0.25, 0.3) is 6.08 Å². The van der Waals surface area contributed by atoms with Crippen molar-refractivity contribution < 1.29 is 14.3 Å². The van der Waals surface area contributed by atoms with Gasteiger partial charge in [-0.05, 0) is 38.5 Å². The van der Waals surface area contributed by atoms with Crippen LogP contribution in [0.4, 0.5) is 5.13 Å². The topological polar surface area (TPSA) is 123 Å². The van der Waals surface area contributed by atoms with E-state index in [0.29, 0.717) is 17.4 Å². The van der Waals surface area contributed by atoms with Gasteiger partial charge in [0, 0.05) is 23.9 Å². The first kappa shape index (κ1) is 21.3. The van der Waals surface area contributed by atoms with Crippen molar-refractivity contribution in [3.05, 3.63) is 39.7 Å². The third kappa shape index (κ3) is 5.06. The van der Waals surface area contributed by atoms with Gasteiger partial charge in [0.2, 0.25) is 5.91 Å². The van der Waals surface area contributed by atoms with Crippen molar-refractivity contribution in [3.63, 3.8) is 0 Å². The highest BCUT2D eigenvalue weighted by Gasteiger charge is 2.17. The van der Waals surface area contributed by atoms with E-state index >= 15 is 0 Å². The molecule has 1 unspecified atom stereocenters. The Morgan fingerprint density at radius 1 is 1.50 bits per heavy atom. The number of anilines is 1. The van der Waals surface area contributed by atoms with E-state index in [-0.39, 0.29) is 18.0 Å². The minimum Gasteiger partial charge on any atom is -0.383 e. The summed E-state index contributed by atoms with van der Waals surface area (Å²) in [6.07, 6.45) is 1.56. The van der Waals surface area contributed by atoms with Crippen LogP contribution in [0.15, 0.2) is 17.0 Å². The molecule has 2 aromatic heterocycles. The van der Waals surface area contributed by atoms with Gasteiger partial charge < -0.3 is 15.0 Å². The molecule has 0 saturated carbocycles. The highest BCUT2D eigenvalue weighted by molar-refractivity contribution is 7.14. The van der Waals surface area contributed by atoms with Crippen LogP contribution in [0.1, 0.15) is 35.6 Å². The molecule has 0 bridgehead atoms. The van der Waals surface area contributed by atoms with E-state index in [2.05, 4.69) is 14.9 Å². The molecule has 0 saturated heterocycles. The molecule has 2 heterocycles. The molecule has 28 heavy (non-hydrogen) atoms. The van der Waals surface area contributed by atoms with E-state index in [1.165, 1.54) is 11.3 Å². The molecule has 2 aromatic rings. The zero-order chi connectivity index (χ0) is 20.8. The van der Waals surface area contributed by atoms with Crippen LogP contribution in [0.5, 0.6) is 0 Å². The summed E-state index contributed by atoms with van der Waals surface area (Å²) in [4.78, 5) is 27.5. The molecular formula is C19H23N5O3S. The summed E-state index contributed by atoms with van der Waals surface area (Å²) in [5.74, 6) is -1.06. The molecule has 0 aliphatic rings. The largest absolute Gasteiger partial charge is 0.383 e. The summed E-state index contributed by atoms with van der Waals surface area (Å²) in [7, 11) is 1.65. The number of rotatable bonds is 8. The van der Waals surface area contributed by atoms with Crippen molar-refractivity contribution in [2.24, 2.45) is 5.73 Å². The van der Waals surface area contributed by atoms with Gasteiger partial charge in [0.1, 0.15) is 11.6 Å². The highest BCUT2D eigenvalue weighted by atomic mass is 32.1. The number of hydrogen-bond donors (Lipinski definition) is 2. The Labute approximate surface area is 167 Å². The Hall–Kier alpha value is -2.96. The first-order valence-electron chi connectivity index (χ1n) is 8.60. The normalized spacial score (nSPS) is 12.5. The molecule has 8 nitrogen and oxygen atoms in total. The second-order valence-electron chi connectivity index (χ2n) is 6.41. The molecule has 0 aromatic carbocycles. The predicted octanol–water partition coefficient (Wildman–Crippen LogP) is 2.34. The lowest BCUT2D eigenvalue weighted by molar-refractivity contribution is -0.117. The number of aromatic nitrogens is 2. The Kier molecular flexibility index (Phi) is 7.09. The zero-order valence-electron chi connectivity index (χ0n) is 16.3. The lowest BCUT2D eigenvalue weighted by Crippen LogP contribution is -2.15. The smallest absolute Gasteiger partial charge is 0.268 e. The van der Waals surface area contributed by atoms with E-state index in [0.717, 1.165) is 17.0 Å². The van der Waals surface area contributed by atoms with Crippen LogP contribution < -0.4 is 11.1 Å². The highest BCUT2D eigenvalue weighted by Crippen LogP contribution is 2.23. The average Bonchev–Trinajstić information content (AvgIpc) is 3.15. The lowest BCUT2D eigenvalue weighted by Gasteiger charge is -2.17. The van der Waals surface area contributed by atoms with E-state index in [1.54, 1.807) is 18.6 Å². The first-order valence-corrected chi connectivity index (χ1v) is 9.48. The second kappa shape index (κ2) is 9.30. The molecule has 2 rings (SSSR count). The Balaban J connectivity index is 2.23. The molecule has 1 atom stereocenters. The minimum atomic E-state index is -0.558. The number of hydrogen-bond acceptors (Lipinski definition) is 6. The van der Waals surface area contributed by atoms with Gasteiger partial charge in [-0.1, -0.05) is 0 Å². The maximum atomic E-state index is 12.5. The van der Waals surface area contributed by atoms with Crippen LogP contribution >= 0.6 is 11.3 Å². The molecule has 0 radical (unpaired) electrons. The average molecular weight is 401 g/mol. The van der Waals surface area contributed by atoms with Crippen LogP contribution in [0.2, 0.25) is 0 Å². The number of thiazole rings is 1. The maximum absolute atomic E-state index is 12.5. The van der Waals surface area contributed by atoms with Crippen molar-refractivity contribution in [2.75, 3.05) is 19.0 Å². The monoisotopic (exact) mass is 401 g/mol. The summed E-state index contributed by atoms with van der Waals surface area (Å²) in [5, 5.41) is 14.0. The molecule has 3 N–H and O–H groups in total. The van der Waals surface area contributed by atoms with Crippen molar-refractivity contribution in [2.45, 2.75) is 33.2 Å². The van der Waals surface area contributed by atoms with Gasteiger partial charge in [0.15, 0.2) is 5.13 Å². The third-order valence-electron chi connectivity index (χ3n) is 4.16. The van der Waals surface area contributed by atoms with Gasteiger partial charge in [-0.25, -0.2) is 4.98 Å². The third-order valence-corrected chi connectivity index (χ3v) is 4.97. The SMILES string of the molecule is COCC(C)n1c(C)cc(/C=C(/C#N)C(=O)Nc2nc(CC(N)=O)cs2)c1C. The number of amides is 2. The number of carbonyl (C=O) groups is 2. The quantitative estimate of drug-likeness (QED) is 0.519. The summed E-state index contributed by atoms with van der Waals surface area (Å²) in [5.41, 5.74) is 8.33. The van der Waals surface area contributed by atoms with Gasteiger partial charge >= 0.3 is 0 Å². The van der Waals surface area contributed by atoms with Crippen LogP contribution in [0.3, 0.4) is 0 Å². The fraction of sp³-hybridized carbons (Fsp3) is 0.368. The van der Waals surface area contributed by atoms with Crippen molar-refractivity contribution in [3.8, 4) is 6.07 Å². The Bertz CT molecular complexity index is 951. The van der Waals surface area contributed by atoms with Crippen molar-refractivity contribution in [1.82, 2.24) is 9.55 Å². The number of nitrogens with two attached hydrogens (primary N) is 1.